The van der Waals surface area contributed by atoms with E-state index in [9.17, 15) is 14.7 Å². The first-order chi connectivity index (χ1) is 10.2. The van der Waals surface area contributed by atoms with Crippen molar-refractivity contribution in [2.45, 2.75) is 38.8 Å². The highest BCUT2D eigenvalue weighted by molar-refractivity contribution is 5.82. The van der Waals surface area contributed by atoms with E-state index in [0.717, 1.165) is 16.5 Å². The maximum atomic E-state index is 11.7. The Bertz CT molecular complexity index is 685. The minimum Gasteiger partial charge on any atom is -0.480 e. The fourth-order valence-electron chi connectivity index (χ4n) is 2.12. The van der Waals surface area contributed by atoms with Gasteiger partial charge >= 0.3 is 12.1 Å². The van der Waals surface area contributed by atoms with Gasteiger partial charge in [0.15, 0.2) is 0 Å². The maximum absolute atomic E-state index is 11.7. The molecule has 0 aliphatic rings. The zero-order valence-corrected chi connectivity index (χ0v) is 12.8. The van der Waals surface area contributed by atoms with E-state index in [1.165, 1.54) is 0 Å². The molecule has 0 aliphatic carbocycles. The average molecular weight is 304 g/mol. The Kier molecular flexibility index (Phi) is 4.40. The van der Waals surface area contributed by atoms with Gasteiger partial charge in [-0.25, -0.2) is 9.59 Å². The molecule has 2 aromatic rings. The minimum atomic E-state index is -1.10. The van der Waals surface area contributed by atoms with Crippen molar-refractivity contribution in [3.63, 3.8) is 0 Å². The van der Waals surface area contributed by atoms with Crippen molar-refractivity contribution < 1.29 is 19.4 Å². The molecule has 1 atom stereocenters. The van der Waals surface area contributed by atoms with Crippen molar-refractivity contribution in [2.24, 2.45) is 0 Å². The number of ether oxygens (including phenoxy) is 1. The first kappa shape index (κ1) is 15.9. The first-order valence-corrected chi connectivity index (χ1v) is 7.03. The molecule has 0 radical (unpaired) electrons. The molecular weight excluding hydrogens is 284 g/mol. The highest BCUT2D eigenvalue weighted by atomic mass is 16.6. The maximum Gasteiger partial charge on any atom is 0.408 e. The zero-order valence-electron chi connectivity index (χ0n) is 12.8. The summed E-state index contributed by atoms with van der Waals surface area (Å²) < 4.78 is 5.10. The molecule has 0 saturated heterocycles. The third-order valence-corrected chi connectivity index (χ3v) is 3.05. The lowest BCUT2D eigenvalue weighted by atomic mass is 10.0. The number of nitrogens with one attached hydrogen (secondary N) is 2. The van der Waals surface area contributed by atoms with E-state index in [1.54, 1.807) is 20.8 Å². The number of carbonyl (C=O) groups is 2. The lowest BCUT2D eigenvalue weighted by molar-refractivity contribution is -0.139. The van der Waals surface area contributed by atoms with Gasteiger partial charge in [-0.1, -0.05) is 6.07 Å². The molecule has 0 fully saturated rings. The van der Waals surface area contributed by atoms with E-state index >= 15 is 0 Å². The van der Waals surface area contributed by atoms with Crippen molar-refractivity contribution in [1.29, 1.82) is 0 Å². The van der Waals surface area contributed by atoms with E-state index in [2.05, 4.69) is 10.3 Å². The number of rotatable bonds is 4. The third-order valence-electron chi connectivity index (χ3n) is 3.05. The predicted molar refractivity (Wildman–Crippen MR) is 82.8 cm³/mol. The number of alkyl carbamates (subject to hydrolysis) is 1. The molecule has 1 heterocycles. The van der Waals surface area contributed by atoms with Crippen LogP contribution < -0.4 is 5.32 Å². The number of aliphatic carboxylic acids is 1. The topological polar surface area (TPSA) is 91.4 Å². The molecule has 1 amide bonds. The van der Waals surface area contributed by atoms with Crippen LogP contribution in [-0.4, -0.2) is 33.8 Å². The number of aromatic nitrogens is 1. The number of hydrogen-bond acceptors (Lipinski definition) is 3. The van der Waals surface area contributed by atoms with Crippen molar-refractivity contribution in [1.82, 2.24) is 10.3 Å². The number of aromatic amines is 1. The van der Waals surface area contributed by atoms with Crippen LogP contribution in [0.25, 0.3) is 10.9 Å². The number of H-pyrrole nitrogens is 1. The van der Waals surface area contributed by atoms with Crippen molar-refractivity contribution in [3.05, 3.63) is 36.0 Å². The van der Waals surface area contributed by atoms with Crippen LogP contribution in [0.5, 0.6) is 0 Å². The molecular formula is C16H20N2O4. The van der Waals surface area contributed by atoms with Gasteiger partial charge in [0.25, 0.3) is 0 Å². The third kappa shape index (κ3) is 4.25. The summed E-state index contributed by atoms with van der Waals surface area (Å²) in [6.45, 7) is 5.17. The average Bonchev–Trinajstić information content (AvgIpc) is 2.82. The molecule has 0 aliphatic heterocycles. The van der Waals surface area contributed by atoms with Gasteiger partial charge in [-0.3, -0.25) is 0 Å². The van der Waals surface area contributed by atoms with Gasteiger partial charge in [-0.2, -0.15) is 0 Å². The molecule has 22 heavy (non-hydrogen) atoms. The molecule has 0 bridgehead atoms. The van der Waals surface area contributed by atoms with E-state index in [4.69, 9.17) is 4.74 Å². The first-order valence-electron chi connectivity index (χ1n) is 7.03. The van der Waals surface area contributed by atoms with Crippen LogP contribution in [0.2, 0.25) is 0 Å². The Morgan fingerprint density at radius 2 is 2.05 bits per heavy atom. The SMILES string of the molecule is CC(C)(C)OC(=O)N[C@H](Cc1ccc2[nH]ccc2c1)C(=O)O. The largest absolute Gasteiger partial charge is 0.480 e. The molecule has 0 spiro atoms. The van der Waals surface area contributed by atoms with Gasteiger partial charge in [-0.05, 0) is 49.9 Å². The Balaban J connectivity index is 2.08. The van der Waals surface area contributed by atoms with E-state index < -0.39 is 23.7 Å². The van der Waals surface area contributed by atoms with Crippen LogP contribution in [0.4, 0.5) is 4.79 Å². The van der Waals surface area contributed by atoms with Crippen LogP contribution in [-0.2, 0) is 16.0 Å². The summed E-state index contributed by atoms with van der Waals surface area (Å²) in [7, 11) is 0. The Morgan fingerprint density at radius 3 is 2.68 bits per heavy atom. The van der Waals surface area contributed by atoms with Gasteiger partial charge in [-0.15, -0.1) is 0 Å². The molecule has 6 heteroatoms. The zero-order chi connectivity index (χ0) is 16.3. The standard InChI is InChI=1S/C16H20N2O4/c1-16(2,3)22-15(21)18-13(14(19)20)9-10-4-5-12-11(8-10)6-7-17-12/h4-8,13,17H,9H2,1-3H3,(H,18,21)(H,19,20)/t13-/m1/s1. The van der Waals surface area contributed by atoms with Crippen LogP contribution in [0.3, 0.4) is 0 Å². The smallest absolute Gasteiger partial charge is 0.408 e. The molecule has 0 saturated carbocycles. The van der Waals surface area contributed by atoms with Gasteiger partial charge in [0.05, 0.1) is 0 Å². The fourth-order valence-corrected chi connectivity index (χ4v) is 2.12. The van der Waals surface area contributed by atoms with E-state index in [0.29, 0.717) is 0 Å². The van der Waals surface area contributed by atoms with Gasteiger partial charge in [0, 0.05) is 18.1 Å². The summed E-state index contributed by atoms with van der Waals surface area (Å²) in [5, 5.41) is 12.7. The highest BCUT2D eigenvalue weighted by Gasteiger charge is 2.24. The summed E-state index contributed by atoms with van der Waals surface area (Å²) in [4.78, 5) is 26.1. The Labute approximate surface area is 128 Å². The quantitative estimate of drug-likeness (QED) is 0.810. The lowest BCUT2D eigenvalue weighted by Gasteiger charge is -2.22. The minimum absolute atomic E-state index is 0.190. The van der Waals surface area contributed by atoms with Crippen LogP contribution in [0.1, 0.15) is 26.3 Å². The molecule has 1 aromatic carbocycles. The lowest BCUT2D eigenvalue weighted by Crippen LogP contribution is -2.44. The normalized spacial score (nSPS) is 12.9. The number of amides is 1. The Morgan fingerprint density at radius 1 is 1.32 bits per heavy atom. The van der Waals surface area contributed by atoms with Crippen LogP contribution >= 0.6 is 0 Å². The van der Waals surface area contributed by atoms with E-state index in [1.807, 2.05) is 30.5 Å². The number of carbonyl (C=O) groups excluding carboxylic acids is 1. The molecule has 0 unspecified atom stereocenters. The van der Waals surface area contributed by atoms with Gasteiger partial charge < -0.3 is 20.1 Å². The fraction of sp³-hybridized carbons (Fsp3) is 0.375. The van der Waals surface area contributed by atoms with Crippen molar-refractivity contribution >= 4 is 23.0 Å². The number of hydrogen-bond donors (Lipinski definition) is 3. The van der Waals surface area contributed by atoms with Crippen molar-refractivity contribution in [3.8, 4) is 0 Å². The van der Waals surface area contributed by atoms with Gasteiger partial charge in [0.2, 0.25) is 0 Å². The number of fused-ring (bicyclic) bond motifs is 1. The second-order valence-electron chi connectivity index (χ2n) is 6.14. The van der Waals surface area contributed by atoms with Gasteiger partial charge in [0.1, 0.15) is 11.6 Å². The second-order valence-corrected chi connectivity index (χ2v) is 6.14. The molecule has 1 aromatic heterocycles. The van der Waals surface area contributed by atoms with Crippen LogP contribution in [0.15, 0.2) is 30.5 Å². The summed E-state index contributed by atoms with van der Waals surface area (Å²) in [6, 6.07) is 6.50. The molecule has 6 nitrogen and oxygen atoms in total. The van der Waals surface area contributed by atoms with Crippen LogP contribution in [0, 0.1) is 0 Å². The van der Waals surface area contributed by atoms with Crippen molar-refractivity contribution in [2.75, 3.05) is 0 Å². The monoisotopic (exact) mass is 304 g/mol. The predicted octanol–water partition coefficient (Wildman–Crippen LogP) is 2.69. The number of benzene rings is 1. The summed E-state index contributed by atoms with van der Waals surface area (Å²) in [5.74, 6) is -1.10. The Hall–Kier alpha value is -2.50. The highest BCUT2D eigenvalue weighted by Crippen LogP contribution is 2.16. The number of carboxylic acids is 1. The van der Waals surface area contributed by atoms with E-state index in [-0.39, 0.29) is 6.42 Å². The number of carboxylic acid groups (broad SMARTS) is 1. The second kappa shape index (κ2) is 6.09. The summed E-state index contributed by atoms with van der Waals surface area (Å²) in [6.07, 6.45) is 1.28. The molecule has 2 rings (SSSR count). The molecule has 3 N–H and O–H groups in total. The summed E-state index contributed by atoms with van der Waals surface area (Å²) in [5.41, 5.74) is 1.14. The molecule has 118 valence electrons. The summed E-state index contributed by atoms with van der Waals surface area (Å²) >= 11 is 0.